The molecule has 2 aromatic heterocycles. The Labute approximate surface area is 164 Å². The molecule has 9 heteroatoms. The number of benzene rings is 1. The number of halogens is 1. The van der Waals surface area contributed by atoms with Crippen LogP contribution in [0, 0.1) is 6.92 Å². The fraction of sp³-hybridized carbons (Fsp3) is 0.389. The van der Waals surface area contributed by atoms with E-state index in [1.807, 2.05) is 0 Å². The molecule has 1 unspecified atom stereocenters. The Kier molecular flexibility index (Phi) is 5.03. The molecule has 1 aliphatic rings. The van der Waals surface area contributed by atoms with Crippen molar-refractivity contribution in [3.8, 4) is 5.75 Å². The number of thiazole rings is 1. The highest BCUT2D eigenvalue weighted by atomic mass is 35.5. The van der Waals surface area contributed by atoms with Crippen molar-refractivity contribution in [1.29, 1.82) is 0 Å². The zero-order chi connectivity index (χ0) is 19.0. The van der Waals surface area contributed by atoms with E-state index in [1.165, 1.54) is 11.3 Å². The molecule has 0 bridgehead atoms. The highest BCUT2D eigenvalue weighted by Crippen LogP contribution is 2.39. The van der Waals surface area contributed by atoms with Gasteiger partial charge in [-0.25, -0.2) is 4.98 Å². The van der Waals surface area contributed by atoms with Crippen molar-refractivity contribution >= 4 is 44.2 Å². The third-order valence-corrected chi connectivity index (χ3v) is 5.93. The monoisotopic (exact) mass is 407 g/mol. The number of methoxy groups -OCH3 is 1. The highest BCUT2D eigenvalue weighted by Gasteiger charge is 2.29. The van der Waals surface area contributed by atoms with Gasteiger partial charge in [-0.15, -0.1) is 0 Å². The van der Waals surface area contributed by atoms with Gasteiger partial charge in [-0.3, -0.25) is 9.69 Å². The van der Waals surface area contributed by atoms with E-state index >= 15 is 0 Å². The topological polar surface area (TPSA) is 77.7 Å². The summed E-state index contributed by atoms with van der Waals surface area (Å²) in [6.07, 6.45) is 1.84. The quantitative estimate of drug-likeness (QED) is 0.634. The molecule has 0 aliphatic carbocycles. The van der Waals surface area contributed by atoms with Gasteiger partial charge in [0.2, 0.25) is 5.76 Å². The van der Waals surface area contributed by atoms with Crippen LogP contribution >= 0.6 is 22.9 Å². The van der Waals surface area contributed by atoms with Crippen molar-refractivity contribution in [2.75, 3.05) is 25.2 Å². The first-order chi connectivity index (χ1) is 13.1. The highest BCUT2D eigenvalue weighted by molar-refractivity contribution is 7.23. The van der Waals surface area contributed by atoms with Crippen molar-refractivity contribution < 1.29 is 18.8 Å². The Bertz CT molecular complexity index is 980. The second kappa shape index (κ2) is 7.46. The second-order valence-electron chi connectivity index (χ2n) is 6.31. The molecule has 0 spiro atoms. The first-order valence-corrected chi connectivity index (χ1v) is 9.76. The average Bonchev–Trinajstić information content (AvgIpc) is 3.40. The number of hydrogen-bond acceptors (Lipinski definition) is 7. The van der Waals surface area contributed by atoms with Crippen LogP contribution in [-0.2, 0) is 4.74 Å². The minimum atomic E-state index is -0.305. The summed E-state index contributed by atoms with van der Waals surface area (Å²) in [5.41, 5.74) is 1.27. The summed E-state index contributed by atoms with van der Waals surface area (Å²) in [5.74, 6) is 0.472. The lowest BCUT2D eigenvalue weighted by Crippen LogP contribution is -2.37. The lowest BCUT2D eigenvalue weighted by atomic mass is 10.2. The molecule has 3 aromatic rings. The van der Waals surface area contributed by atoms with E-state index < -0.39 is 0 Å². The maximum atomic E-state index is 13.1. The predicted molar refractivity (Wildman–Crippen MR) is 103 cm³/mol. The molecular weight excluding hydrogens is 390 g/mol. The first-order valence-electron chi connectivity index (χ1n) is 8.56. The third-order valence-electron chi connectivity index (χ3n) is 4.39. The molecular formula is C18H18ClN3O4S. The standard InChI is InChI=1S/C18H18ClN3O4S/c1-10-8-14(26-21-10)17(23)22(9-11-4-3-7-25-11)18-20-15-13(24-2)6-5-12(19)16(15)27-18/h5-6,8,11H,3-4,7,9H2,1-2H3. The number of nitrogens with zero attached hydrogens (tertiary/aromatic N) is 3. The van der Waals surface area contributed by atoms with Gasteiger partial charge >= 0.3 is 0 Å². The lowest BCUT2D eigenvalue weighted by molar-refractivity contribution is 0.0887. The molecule has 142 valence electrons. The average molecular weight is 408 g/mol. The van der Waals surface area contributed by atoms with Gasteiger partial charge in [0.25, 0.3) is 5.91 Å². The maximum absolute atomic E-state index is 13.1. The largest absolute Gasteiger partial charge is 0.494 e. The number of amides is 1. The molecule has 27 heavy (non-hydrogen) atoms. The van der Waals surface area contributed by atoms with E-state index in [0.717, 1.165) is 17.5 Å². The predicted octanol–water partition coefficient (Wildman–Crippen LogP) is 4.08. The molecule has 1 saturated heterocycles. The van der Waals surface area contributed by atoms with E-state index in [1.54, 1.807) is 37.1 Å². The van der Waals surface area contributed by atoms with Crippen LogP contribution < -0.4 is 9.64 Å². The minimum absolute atomic E-state index is 0.0395. The van der Waals surface area contributed by atoms with E-state index in [4.69, 9.17) is 25.6 Å². The maximum Gasteiger partial charge on any atom is 0.298 e. The van der Waals surface area contributed by atoms with Crippen molar-refractivity contribution in [1.82, 2.24) is 10.1 Å². The molecule has 1 fully saturated rings. The summed E-state index contributed by atoms with van der Waals surface area (Å²) < 4.78 is 17.1. The number of hydrogen-bond donors (Lipinski definition) is 0. The number of ether oxygens (including phenoxy) is 2. The molecule has 1 aromatic carbocycles. The number of aromatic nitrogens is 2. The number of carbonyl (C=O) groups excluding carboxylic acids is 1. The Morgan fingerprint density at radius 1 is 1.48 bits per heavy atom. The Morgan fingerprint density at radius 3 is 3.00 bits per heavy atom. The molecule has 1 atom stereocenters. The molecule has 4 rings (SSSR count). The summed E-state index contributed by atoms with van der Waals surface area (Å²) in [4.78, 5) is 19.3. The number of carbonyl (C=O) groups is 1. The number of fused-ring (bicyclic) bond motifs is 1. The van der Waals surface area contributed by atoms with Crippen molar-refractivity contribution in [2.45, 2.75) is 25.9 Å². The Hall–Kier alpha value is -2.16. The van der Waals surface area contributed by atoms with E-state index in [0.29, 0.717) is 40.3 Å². The molecule has 1 amide bonds. The van der Waals surface area contributed by atoms with Crippen LogP contribution in [0.25, 0.3) is 10.2 Å². The van der Waals surface area contributed by atoms with Gasteiger partial charge in [-0.2, -0.15) is 0 Å². The van der Waals surface area contributed by atoms with Crippen LogP contribution in [0.1, 0.15) is 29.1 Å². The summed E-state index contributed by atoms with van der Waals surface area (Å²) >= 11 is 7.67. The summed E-state index contributed by atoms with van der Waals surface area (Å²) in [5, 5.41) is 4.90. The number of anilines is 1. The van der Waals surface area contributed by atoms with Gasteiger partial charge in [-0.05, 0) is 31.9 Å². The van der Waals surface area contributed by atoms with Gasteiger partial charge < -0.3 is 14.0 Å². The van der Waals surface area contributed by atoms with E-state index in [-0.39, 0.29) is 17.8 Å². The van der Waals surface area contributed by atoms with Crippen LogP contribution in [0.15, 0.2) is 22.7 Å². The fourth-order valence-corrected chi connectivity index (χ4v) is 4.32. The molecule has 1 aliphatic heterocycles. The third kappa shape index (κ3) is 3.52. The normalized spacial score (nSPS) is 16.8. The van der Waals surface area contributed by atoms with Crippen molar-refractivity contribution in [3.05, 3.63) is 34.7 Å². The van der Waals surface area contributed by atoms with E-state index in [2.05, 4.69) is 10.1 Å². The molecule has 3 heterocycles. The molecule has 0 N–H and O–H groups in total. The molecule has 0 radical (unpaired) electrons. The molecule has 7 nitrogen and oxygen atoms in total. The van der Waals surface area contributed by atoms with Crippen LogP contribution in [0.4, 0.5) is 5.13 Å². The van der Waals surface area contributed by atoms with Crippen LogP contribution in [0.2, 0.25) is 5.02 Å². The van der Waals surface area contributed by atoms with Crippen LogP contribution in [0.5, 0.6) is 5.75 Å². The Balaban J connectivity index is 1.76. The van der Waals surface area contributed by atoms with Gasteiger partial charge in [-0.1, -0.05) is 28.1 Å². The fourth-order valence-electron chi connectivity index (χ4n) is 3.06. The summed E-state index contributed by atoms with van der Waals surface area (Å²) in [6.45, 7) is 2.86. The van der Waals surface area contributed by atoms with Crippen molar-refractivity contribution in [2.24, 2.45) is 0 Å². The molecule has 0 saturated carbocycles. The van der Waals surface area contributed by atoms with Crippen LogP contribution in [-0.4, -0.2) is 42.4 Å². The van der Waals surface area contributed by atoms with Crippen LogP contribution in [0.3, 0.4) is 0 Å². The zero-order valence-corrected chi connectivity index (χ0v) is 16.5. The van der Waals surface area contributed by atoms with Gasteiger partial charge in [0.1, 0.15) is 11.3 Å². The number of rotatable bonds is 5. The van der Waals surface area contributed by atoms with Gasteiger partial charge in [0.05, 0.1) is 35.2 Å². The number of aryl methyl sites for hydroxylation is 1. The van der Waals surface area contributed by atoms with Gasteiger partial charge in [0.15, 0.2) is 5.13 Å². The summed E-state index contributed by atoms with van der Waals surface area (Å²) in [7, 11) is 1.58. The van der Waals surface area contributed by atoms with Gasteiger partial charge in [0, 0.05) is 12.7 Å². The zero-order valence-electron chi connectivity index (χ0n) is 14.9. The summed E-state index contributed by atoms with van der Waals surface area (Å²) in [6, 6.07) is 5.14. The van der Waals surface area contributed by atoms with Crippen molar-refractivity contribution in [3.63, 3.8) is 0 Å². The van der Waals surface area contributed by atoms with E-state index in [9.17, 15) is 4.79 Å². The minimum Gasteiger partial charge on any atom is -0.494 e. The smallest absolute Gasteiger partial charge is 0.298 e. The first kappa shape index (κ1) is 18.2. The second-order valence-corrected chi connectivity index (χ2v) is 7.69. The lowest BCUT2D eigenvalue weighted by Gasteiger charge is -2.21. The SMILES string of the molecule is COc1ccc(Cl)c2sc(N(CC3CCCO3)C(=O)c3cc(C)no3)nc12. The Morgan fingerprint density at radius 2 is 2.33 bits per heavy atom.